The molecular weight excluding hydrogens is 264 g/mol. The van der Waals surface area contributed by atoms with E-state index in [2.05, 4.69) is 24.1 Å². The summed E-state index contributed by atoms with van der Waals surface area (Å²) in [7, 11) is 0. The molecule has 4 heteroatoms. The van der Waals surface area contributed by atoms with E-state index in [9.17, 15) is 0 Å². The Hall–Kier alpha value is -2.07. The van der Waals surface area contributed by atoms with E-state index < -0.39 is 0 Å². The van der Waals surface area contributed by atoms with Crippen LogP contribution in [0.5, 0.6) is 17.2 Å². The molecule has 0 saturated carbocycles. The molecule has 2 aromatic rings. The molecule has 4 nitrogen and oxygen atoms in total. The molecule has 0 unspecified atom stereocenters. The van der Waals surface area contributed by atoms with Crippen molar-refractivity contribution in [3.05, 3.63) is 48.3 Å². The molecule has 0 aliphatic heterocycles. The Bertz CT molecular complexity index is 541. The Morgan fingerprint density at radius 3 is 2.52 bits per heavy atom. The lowest BCUT2D eigenvalue weighted by atomic mass is 10.2. The number of rotatable bonds is 8. The molecule has 0 spiro atoms. The molecule has 2 rings (SSSR count). The zero-order valence-electron chi connectivity index (χ0n) is 12.6. The van der Waals surface area contributed by atoms with E-state index in [4.69, 9.17) is 9.47 Å². The molecule has 0 amide bonds. The Balaban J connectivity index is 2.04. The number of nitrogens with one attached hydrogen (secondary N) is 1. The average molecular weight is 286 g/mol. The monoisotopic (exact) mass is 286 g/mol. The van der Waals surface area contributed by atoms with E-state index >= 15 is 0 Å². The second-order valence-electron chi connectivity index (χ2n) is 4.69. The van der Waals surface area contributed by atoms with Crippen molar-refractivity contribution in [1.82, 2.24) is 10.3 Å². The van der Waals surface area contributed by atoms with Crippen LogP contribution in [-0.4, -0.2) is 18.1 Å². The highest BCUT2D eigenvalue weighted by molar-refractivity contribution is 5.37. The number of pyridine rings is 1. The summed E-state index contributed by atoms with van der Waals surface area (Å²) in [5, 5.41) is 3.30. The van der Waals surface area contributed by atoms with Gasteiger partial charge in [0.15, 0.2) is 0 Å². The zero-order chi connectivity index (χ0) is 14.9. The van der Waals surface area contributed by atoms with Crippen molar-refractivity contribution in [1.29, 1.82) is 0 Å². The molecule has 0 atom stereocenters. The summed E-state index contributed by atoms with van der Waals surface area (Å²) in [6, 6.07) is 9.64. The van der Waals surface area contributed by atoms with Crippen molar-refractivity contribution in [3.8, 4) is 17.2 Å². The summed E-state index contributed by atoms with van der Waals surface area (Å²) < 4.78 is 11.5. The number of nitrogens with zero attached hydrogens (tertiary/aromatic N) is 1. The van der Waals surface area contributed by atoms with Gasteiger partial charge in [-0.2, -0.15) is 0 Å². The van der Waals surface area contributed by atoms with E-state index in [1.54, 1.807) is 12.4 Å². The predicted octanol–water partition coefficient (Wildman–Crippen LogP) is 3.77. The Labute approximate surface area is 126 Å². The molecule has 1 heterocycles. The third-order valence-electron chi connectivity index (χ3n) is 2.96. The summed E-state index contributed by atoms with van der Waals surface area (Å²) in [5.41, 5.74) is 1.10. The van der Waals surface area contributed by atoms with Gasteiger partial charge in [-0.15, -0.1) is 0 Å². The Morgan fingerprint density at radius 2 is 1.81 bits per heavy atom. The van der Waals surface area contributed by atoms with Crippen molar-refractivity contribution in [2.24, 2.45) is 0 Å². The van der Waals surface area contributed by atoms with Gasteiger partial charge in [-0.3, -0.25) is 4.98 Å². The van der Waals surface area contributed by atoms with Gasteiger partial charge in [-0.25, -0.2) is 0 Å². The normalized spacial score (nSPS) is 10.4. The first-order valence-corrected chi connectivity index (χ1v) is 7.37. The van der Waals surface area contributed by atoms with E-state index in [1.165, 1.54) is 0 Å². The molecule has 0 bridgehead atoms. The highest BCUT2D eigenvalue weighted by Crippen LogP contribution is 2.26. The van der Waals surface area contributed by atoms with Gasteiger partial charge in [-0.1, -0.05) is 13.8 Å². The van der Waals surface area contributed by atoms with Crippen molar-refractivity contribution in [2.75, 3.05) is 13.2 Å². The van der Waals surface area contributed by atoms with Gasteiger partial charge in [0.1, 0.15) is 17.2 Å². The number of benzene rings is 1. The maximum Gasteiger partial charge on any atom is 0.150 e. The molecule has 0 radical (unpaired) electrons. The van der Waals surface area contributed by atoms with Crippen LogP contribution in [0.2, 0.25) is 0 Å². The topological polar surface area (TPSA) is 43.4 Å². The maximum atomic E-state index is 5.91. The molecule has 1 aromatic heterocycles. The molecule has 0 aliphatic rings. The van der Waals surface area contributed by atoms with E-state index in [1.807, 2.05) is 30.3 Å². The lowest BCUT2D eigenvalue weighted by Crippen LogP contribution is -2.12. The molecule has 0 aliphatic carbocycles. The molecule has 0 fully saturated rings. The van der Waals surface area contributed by atoms with Crippen LogP contribution in [0.15, 0.2) is 42.7 Å². The standard InChI is InChI=1S/C17H22N2O2/c1-3-11-20-15-5-7-16(8-6-15)21-17-13-19-10-9-14(17)12-18-4-2/h5-10,13,18H,3-4,11-12H2,1-2H3. The fourth-order valence-electron chi connectivity index (χ4n) is 1.86. The summed E-state index contributed by atoms with van der Waals surface area (Å²) in [6.45, 7) is 6.59. The number of ether oxygens (including phenoxy) is 2. The minimum absolute atomic E-state index is 0.732. The van der Waals surface area contributed by atoms with Crippen LogP contribution in [0.25, 0.3) is 0 Å². The molecular formula is C17H22N2O2. The predicted molar refractivity (Wildman–Crippen MR) is 83.9 cm³/mol. The molecule has 112 valence electrons. The Kier molecular flexibility index (Phi) is 6.03. The third kappa shape index (κ3) is 4.76. The van der Waals surface area contributed by atoms with Crippen LogP contribution in [0.3, 0.4) is 0 Å². The second kappa shape index (κ2) is 8.27. The minimum Gasteiger partial charge on any atom is -0.494 e. The number of aromatic nitrogens is 1. The molecule has 21 heavy (non-hydrogen) atoms. The lowest BCUT2D eigenvalue weighted by molar-refractivity contribution is 0.317. The van der Waals surface area contributed by atoms with Gasteiger partial charge in [0.25, 0.3) is 0 Å². The van der Waals surface area contributed by atoms with Crippen molar-refractivity contribution in [2.45, 2.75) is 26.8 Å². The summed E-state index contributed by atoms with van der Waals surface area (Å²) in [6.07, 6.45) is 4.52. The first-order chi connectivity index (χ1) is 10.3. The largest absolute Gasteiger partial charge is 0.494 e. The highest BCUT2D eigenvalue weighted by Gasteiger charge is 2.05. The smallest absolute Gasteiger partial charge is 0.150 e. The van der Waals surface area contributed by atoms with Gasteiger partial charge in [0.2, 0.25) is 0 Å². The van der Waals surface area contributed by atoms with Crippen LogP contribution >= 0.6 is 0 Å². The summed E-state index contributed by atoms with van der Waals surface area (Å²) in [5.74, 6) is 2.42. The van der Waals surface area contributed by atoms with Gasteiger partial charge in [0, 0.05) is 18.3 Å². The van der Waals surface area contributed by atoms with Gasteiger partial charge >= 0.3 is 0 Å². The van der Waals surface area contributed by atoms with E-state index in [0.717, 1.165) is 48.9 Å². The number of hydrogen-bond donors (Lipinski definition) is 1. The molecule has 1 aromatic carbocycles. The third-order valence-corrected chi connectivity index (χ3v) is 2.96. The zero-order valence-corrected chi connectivity index (χ0v) is 12.6. The molecule has 0 saturated heterocycles. The minimum atomic E-state index is 0.732. The number of hydrogen-bond acceptors (Lipinski definition) is 4. The fourth-order valence-corrected chi connectivity index (χ4v) is 1.86. The van der Waals surface area contributed by atoms with Gasteiger partial charge in [0.05, 0.1) is 12.8 Å². The average Bonchev–Trinajstić information content (AvgIpc) is 2.53. The Morgan fingerprint density at radius 1 is 1.05 bits per heavy atom. The SMILES string of the molecule is CCCOc1ccc(Oc2cnccc2CNCC)cc1. The first kappa shape index (κ1) is 15.3. The molecule has 1 N–H and O–H groups in total. The maximum absolute atomic E-state index is 5.91. The van der Waals surface area contributed by atoms with E-state index in [-0.39, 0.29) is 0 Å². The van der Waals surface area contributed by atoms with E-state index in [0.29, 0.717) is 0 Å². The fraction of sp³-hybridized carbons (Fsp3) is 0.353. The van der Waals surface area contributed by atoms with Gasteiger partial charge in [-0.05, 0) is 43.3 Å². The van der Waals surface area contributed by atoms with Crippen LogP contribution in [0.4, 0.5) is 0 Å². The highest BCUT2D eigenvalue weighted by atomic mass is 16.5. The first-order valence-electron chi connectivity index (χ1n) is 7.37. The van der Waals surface area contributed by atoms with Crippen LogP contribution in [-0.2, 0) is 6.54 Å². The second-order valence-corrected chi connectivity index (χ2v) is 4.69. The van der Waals surface area contributed by atoms with Crippen molar-refractivity contribution >= 4 is 0 Å². The summed E-state index contributed by atoms with van der Waals surface area (Å²) in [4.78, 5) is 4.13. The van der Waals surface area contributed by atoms with Crippen LogP contribution in [0, 0.1) is 0 Å². The van der Waals surface area contributed by atoms with Crippen molar-refractivity contribution in [3.63, 3.8) is 0 Å². The van der Waals surface area contributed by atoms with Crippen LogP contribution in [0.1, 0.15) is 25.8 Å². The quantitative estimate of drug-likeness (QED) is 0.802. The van der Waals surface area contributed by atoms with Crippen molar-refractivity contribution < 1.29 is 9.47 Å². The van der Waals surface area contributed by atoms with Crippen LogP contribution < -0.4 is 14.8 Å². The summed E-state index contributed by atoms with van der Waals surface area (Å²) >= 11 is 0. The van der Waals surface area contributed by atoms with Gasteiger partial charge < -0.3 is 14.8 Å². The lowest BCUT2D eigenvalue weighted by Gasteiger charge is -2.11.